The second kappa shape index (κ2) is 5.85. The molecule has 106 valence electrons. The van der Waals surface area contributed by atoms with Crippen molar-refractivity contribution in [3.63, 3.8) is 0 Å². The van der Waals surface area contributed by atoms with Gasteiger partial charge in [0.05, 0.1) is 10.9 Å². The van der Waals surface area contributed by atoms with Crippen molar-refractivity contribution in [1.29, 1.82) is 0 Å². The smallest absolute Gasteiger partial charge is 0.208 e. The number of aliphatic hydroxyl groups is 1. The molecule has 1 aliphatic carbocycles. The highest BCUT2D eigenvalue weighted by Gasteiger charge is 2.33. The van der Waals surface area contributed by atoms with Gasteiger partial charge in [-0.1, -0.05) is 23.2 Å². The topological polar surface area (TPSA) is 63.6 Å². The van der Waals surface area contributed by atoms with Gasteiger partial charge in [-0.25, -0.2) is 0 Å². The van der Waals surface area contributed by atoms with Gasteiger partial charge >= 0.3 is 0 Å². The summed E-state index contributed by atoms with van der Waals surface area (Å²) in [7, 11) is 0. The number of aliphatic hydroxyl groups excluding tert-OH is 1. The number of hydrogen-bond donors (Lipinski definition) is 1. The zero-order valence-corrected chi connectivity index (χ0v) is 12.2. The van der Waals surface area contributed by atoms with E-state index in [-0.39, 0.29) is 40.3 Å². The van der Waals surface area contributed by atoms with E-state index in [1.165, 1.54) is 19.1 Å². The number of benzene rings is 1. The highest BCUT2D eigenvalue weighted by Crippen LogP contribution is 2.33. The van der Waals surface area contributed by atoms with E-state index < -0.39 is 5.92 Å². The Bertz CT molecular complexity index is 607. The molecule has 1 N–H and O–H groups in total. The molecule has 0 aromatic heterocycles. The van der Waals surface area contributed by atoms with Crippen molar-refractivity contribution in [3.8, 4) is 5.75 Å². The minimum atomic E-state index is -0.700. The van der Waals surface area contributed by atoms with Crippen LogP contribution in [0.15, 0.2) is 29.7 Å². The van der Waals surface area contributed by atoms with E-state index in [2.05, 4.69) is 0 Å². The van der Waals surface area contributed by atoms with E-state index in [1.807, 2.05) is 0 Å². The fraction of sp³-hybridized carbons (Fsp3) is 0.286. The summed E-state index contributed by atoms with van der Waals surface area (Å²) in [6.07, 6.45) is 0.441. The van der Waals surface area contributed by atoms with Crippen LogP contribution in [-0.4, -0.2) is 16.7 Å². The second-order valence-electron chi connectivity index (χ2n) is 4.52. The summed E-state index contributed by atoms with van der Waals surface area (Å²) in [6.45, 7) is 1.36. The normalized spacial score (nSPS) is 19.1. The SMILES string of the molecule is CC(=O)C1CCC(=O)C(Oc2ccc(Cl)cc2Cl)=C1O. The van der Waals surface area contributed by atoms with E-state index in [1.54, 1.807) is 6.07 Å². The molecule has 2 rings (SSSR count). The van der Waals surface area contributed by atoms with E-state index in [0.717, 1.165) is 0 Å². The largest absolute Gasteiger partial charge is 0.508 e. The summed E-state index contributed by atoms with van der Waals surface area (Å²) in [4.78, 5) is 23.3. The number of carbonyl (C=O) groups excluding carboxylic acids is 2. The highest BCUT2D eigenvalue weighted by molar-refractivity contribution is 6.35. The molecule has 0 spiro atoms. The number of hydrogen-bond acceptors (Lipinski definition) is 4. The summed E-state index contributed by atoms with van der Waals surface area (Å²) in [5, 5.41) is 10.7. The lowest BCUT2D eigenvalue weighted by molar-refractivity contribution is -0.123. The molecule has 0 fully saturated rings. The first-order valence-electron chi connectivity index (χ1n) is 6.00. The number of halogens is 2. The van der Waals surface area contributed by atoms with Crippen LogP contribution in [0.4, 0.5) is 0 Å². The van der Waals surface area contributed by atoms with E-state index in [0.29, 0.717) is 11.4 Å². The maximum atomic E-state index is 11.8. The number of ether oxygens (including phenoxy) is 1. The Morgan fingerprint density at radius 1 is 1.40 bits per heavy atom. The Kier molecular flexibility index (Phi) is 4.35. The molecule has 6 heteroatoms. The van der Waals surface area contributed by atoms with Crippen molar-refractivity contribution in [1.82, 2.24) is 0 Å². The number of carbonyl (C=O) groups is 2. The van der Waals surface area contributed by atoms with Crippen LogP contribution in [0.2, 0.25) is 10.0 Å². The number of Topliss-reactive ketones (excluding diaryl/α,β-unsaturated/α-hetero) is 2. The third-order valence-corrected chi connectivity index (χ3v) is 3.60. The molecular formula is C14H12Cl2O4. The molecule has 1 atom stereocenters. The number of rotatable bonds is 3. The fourth-order valence-corrected chi connectivity index (χ4v) is 2.45. The molecule has 1 unspecified atom stereocenters. The van der Waals surface area contributed by atoms with E-state index in [9.17, 15) is 14.7 Å². The Labute approximate surface area is 125 Å². The summed E-state index contributed by atoms with van der Waals surface area (Å²) < 4.78 is 5.38. The Morgan fingerprint density at radius 3 is 2.70 bits per heavy atom. The van der Waals surface area contributed by atoms with Crippen molar-refractivity contribution >= 4 is 34.8 Å². The van der Waals surface area contributed by atoms with Gasteiger partial charge in [0.25, 0.3) is 0 Å². The Balaban J connectivity index is 2.36. The Hall–Kier alpha value is -1.52. The molecule has 0 radical (unpaired) electrons. The molecule has 0 heterocycles. The molecule has 0 saturated carbocycles. The van der Waals surface area contributed by atoms with Gasteiger partial charge in [0, 0.05) is 11.4 Å². The summed E-state index contributed by atoms with van der Waals surface area (Å²) >= 11 is 11.7. The number of ketones is 2. The van der Waals surface area contributed by atoms with Crippen LogP contribution in [0.25, 0.3) is 0 Å². The quantitative estimate of drug-likeness (QED) is 0.923. The van der Waals surface area contributed by atoms with E-state index >= 15 is 0 Å². The van der Waals surface area contributed by atoms with E-state index in [4.69, 9.17) is 27.9 Å². The standard InChI is InChI=1S/C14H12Cl2O4/c1-7(17)9-3-4-11(18)14(13(9)19)20-12-5-2-8(15)6-10(12)16/h2,5-6,9,19H,3-4H2,1H3. The predicted molar refractivity (Wildman–Crippen MR) is 75.2 cm³/mol. The van der Waals surface area contributed by atoms with Crippen LogP contribution in [0.3, 0.4) is 0 Å². The maximum Gasteiger partial charge on any atom is 0.208 e. The van der Waals surface area contributed by atoms with Crippen LogP contribution < -0.4 is 4.74 Å². The molecule has 0 saturated heterocycles. The van der Waals surface area contributed by atoms with Gasteiger partial charge < -0.3 is 9.84 Å². The van der Waals surface area contributed by atoms with Gasteiger partial charge in [-0.05, 0) is 31.5 Å². The molecular weight excluding hydrogens is 303 g/mol. The van der Waals surface area contributed by atoms with Crippen LogP contribution in [0, 0.1) is 5.92 Å². The van der Waals surface area contributed by atoms with Gasteiger partial charge in [-0.2, -0.15) is 0 Å². The van der Waals surface area contributed by atoms with Crippen LogP contribution in [0.1, 0.15) is 19.8 Å². The average molecular weight is 315 g/mol. The second-order valence-corrected chi connectivity index (χ2v) is 5.36. The fourth-order valence-electron chi connectivity index (χ4n) is 2.00. The lowest BCUT2D eigenvalue weighted by Gasteiger charge is -2.22. The predicted octanol–water partition coefficient (Wildman–Crippen LogP) is 3.71. The summed E-state index contributed by atoms with van der Waals surface area (Å²) in [6, 6.07) is 4.51. The lowest BCUT2D eigenvalue weighted by atomic mass is 9.89. The zero-order chi connectivity index (χ0) is 14.9. The molecule has 20 heavy (non-hydrogen) atoms. The lowest BCUT2D eigenvalue weighted by Crippen LogP contribution is -2.26. The molecule has 1 aliphatic rings. The van der Waals surface area contributed by atoms with Crippen LogP contribution >= 0.6 is 23.2 Å². The maximum absolute atomic E-state index is 11.8. The van der Waals surface area contributed by atoms with Crippen molar-refractivity contribution in [2.24, 2.45) is 5.92 Å². The molecule has 0 bridgehead atoms. The minimum Gasteiger partial charge on any atom is -0.508 e. The van der Waals surface area contributed by atoms with Crippen LogP contribution in [0.5, 0.6) is 5.75 Å². The molecule has 0 amide bonds. The summed E-state index contributed by atoms with van der Waals surface area (Å²) in [5.74, 6) is -1.62. The average Bonchev–Trinajstić information content (AvgIpc) is 2.36. The van der Waals surface area contributed by atoms with Crippen LogP contribution in [-0.2, 0) is 9.59 Å². The van der Waals surface area contributed by atoms with Gasteiger partial charge in [0.2, 0.25) is 11.5 Å². The number of allylic oxidation sites excluding steroid dienone is 2. The minimum absolute atomic E-state index is 0.148. The Morgan fingerprint density at radius 2 is 2.10 bits per heavy atom. The van der Waals surface area contributed by atoms with Gasteiger partial charge in [-0.3, -0.25) is 9.59 Å². The summed E-state index contributed by atoms with van der Waals surface area (Å²) in [5.41, 5.74) is 0. The molecule has 0 aliphatic heterocycles. The van der Waals surface area contributed by atoms with Gasteiger partial charge in [0.15, 0.2) is 0 Å². The monoisotopic (exact) mass is 314 g/mol. The zero-order valence-electron chi connectivity index (χ0n) is 10.7. The molecule has 1 aromatic carbocycles. The van der Waals surface area contributed by atoms with Crippen molar-refractivity contribution in [2.45, 2.75) is 19.8 Å². The third-order valence-electron chi connectivity index (χ3n) is 3.07. The highest BCUT2D eigenvalue weighted by atomic mass is 35.5. The first-order chi connectivity index (χ1) is 9.40. The first kappa shape index (κ1) is 14.9. The van der Waals surface area contributed by atoms with Gasteiger partial charge in [-0.15, -0.1) is 0 Å². The molecule has 1 aromatic rings. The molecule has 4 nitrogen and oxygen atoms in total. The van der Waals surface area contributed by atoms with Crippen molar-refractivity contribution < 1.29 is 19.4 Å². The van der Waals surface area contributed by atoms with Crippen molar-refractivity contribution in [2.75, 3.05) is 0 Å². The van der Waals surface area contributed by atoms with Gasteiger partial charge in [0.1, 0.15) is 17.3 Å². The first-order valence-corrected chi connectivity index (χ1v) is 6.75. The third kappa shape index (κ3) is 2.97. The van der Waals surface area contributed by atoms with Crippen molar-refractivity contribution in [3.05, 3.63) is 39.8 Å².